The van der Waals surface area contributed by atoms with E-state index in [0.717, 1.165) is 0 Å². The van der Waals surface area contributed by atoms with Crippen molar-refractivity contribution in [1.82, 2.24) is 10.2 Å². The number of hydrogen-bond donors (Lipinski definition) is 2. The number of carbonyl (C=O) groups is 2. The largest absolute Gasteiger partial charge is 0.481 e. The zero-order valence-corrected chi connectivity index (χ0v) is 10.5. The van der Waals surface area contributed by atoms with E-state index in [0.29, 0.717) is 13.1 Å². The van der Waals surface area contributed by atoms with Crippen LogP contribution in [0.5, 0.6) is 0 Å². The third kappa shape index (κ3) is 5.58. The van der Waals surface area contributed by atoms with Crippen LogP contribution in [0.4, 0.5) is 4.79 Å². The molecule has 0 aromatic heterocycles. The summed E-state index contributed by atoms with van der Waals surface area (Å²) in [7, 11) is 0. The SMILES string of the molecule is CCN(C(=O)NCC(C)CC(=O)O)C(C)C. The van der Waals surface area contributed by atoms with Gasteiger partial charge in [0.15, 0.2) is 0 Å². The van der Waals surface area contributed by atoms with Crippen LogP contribution in [0, 0.1) is 5.92 Å². The molecule has 2 N–H and O–H groups in total. The minimum atomic E-state index is -0.835. The molecule has 1 unspecified atom stereocenters. The normalized spacial score (nSPS) is 12.3. The van der Waals surface area contributed by atoms with Crippen LogP contribution in [0.15, 0.2) is 0 Å². The Morgan fingerprint density at radius 1 is 1.31 bits per heavy atom. The Morgan fingerprint density at radius 3 is 2.25 bits per heavy atom. The maximum Gasteiger partial charge on any atom is 0.317 e. The monoisotopic (exact) mass is 230 g/mol. The smallest absolute Gasteiger partial charge is 0.317 e. The molecule has 0 rings (SSSR count). The number of hydrogen-bond acceptors (Lipinski definition) is 2. The van der Waals surface area contributed by atoms with Gasteiger partial charge in [-0.3, -0.25) is 4.79 Å². The fourth-order valence-electron chi connectivity index (χ4n) is 1.48. The molecule has 5 nitrogen and oxygen atoms in total. The van der Waals surface area contributed by atoms with Gasteiger partial charge in [-0.2, -0.15) is 0 Å². The molecule has 0 radical (unpaired) electrons. The molecule has 0 bridgehead atoms. The van der Waals surface area contributed by atoms with Crippen LogP contribution in [-0.4, -0.2) is 41.1 Å². The van der Waals surface area contributed by atoms with E-state index >= 15 is 0 Å². The van der Waals surface area contributed by atoms with Crippen LogP contribution in [0.3, 0.4) is 0 Å². The number of carboxylic acid groups (broad SMARTS) is 1. The van der Waals surface area contributed by atoms with Gasteiger partial charge in [0.2, 0.25) is 0 Å². The van der Waals surface area contributed by atoms with Gasteiger partial charge in [0, 0.05) is 25.6 Å². The molecule has 0 aliphatic carbocycles. The maximum absolute atomic E-state index is 11.7. The average Bonchev–Trinajstić information content (AvgIpc) is 2.14. The topological polar surface area (TPSA) is 69.6 Å². The molecule has 0 saturated carbocycles. The first-order valence-electron chi connectivity index (χ1n) is 5.64. The number of rotatable bonds is 6. The van der Waals surface area contributed by atoms with Crippen molar-refractivity contribution >= 4 is 12.0 Å². The first-order chi connectivity index (χ1) is 7.38. The minimum absolute atomic E-state index is 0.0488. The van der Waals surface area contributed by atoms with Crippen molar-refractivity contribution in [2.24, 2.45) is 5.92 Å². The van der Waals surface area contributed by atoms with Crippen molar-refractivity contribution in [3.8, 4) is 0 Å². The van der Waals surface area contributed by atoms with E-state index in [1.807, 2.05) is 20.8 Å². The summed E-state index contributed by atoms with van der Waals surface area (Å²) in [5.74, 6) is -0.884. The quantitative estimate of drug-likeness (QED) is 0.727. The maximum atomic E-state index is 11.7. The number of nitrogens with one attached hydrogen (secondary N) is 1. The molecule has 16 heavy (non-hydrogen) atoms. The highest BCUT2D eigenvalue weighted by Gasteiger charge is 2.15. The molecule has 0 spiro atoms. The van der Waals surface area contributed by atoms with Gasteiger partial charge >= 0.3 is 12.0 Å². The Kier molecular flexibility index (Phi) is 6.53. The number of aliphatic carboxylic acids is 1. The van der Waals surface area contributed by atoms with Gasteiger partial charge in [-0.1, -0.05) is 6.92 Å². The van der Waals surface area contributed by atoms with E-state index in [2.05, 4.69) is 5.32 Å². The summed E-state index contributed by atoms with van der Waals surface area (Å²) in [5, 5.41) is 11.3. The summed E-state index contributed by atoms with van der Waals surface area (Å²) in [6.07, 6.45) is 0.0775. The van der Waals surface area contributed by atoms with Crippen molar-refractivity contribution in [2.75, 3.05) is 13.1 Å². The summed E-state index contributed by atoms with van der Waals surface area (Å²) in [4.78, 5) is 23.8. The fraction of sp³-hybridized carbons (Fsp3) is 0.818. The summed E-state index contributed by atoms with van der Waals surface area (Å²) in [5.41, 5.74) is 0. The zero-order valence-electron chi connectivity index (χ0n) is 10.5. The number of urea groups is 1. The van der Waals surface area contributed by atoms with E-state index in [9.17, 15) is 9.59 Å². The molecule has 0 aliphatic heterocycles. The molecule has 0 saturated heterocycles. The van der Waals surface area contributed by atoms with Gasteiger partial charge in [-0.05, 0) is 26.7 Å². The Morgan fingerprint density at radius 2 is 1.88 bits per heavy atom. The van der Waals surface area contributed by atoms with Crippen LogP contribution in [0.2, 0.25) is 0 Å². The van der Waals surface area contributed by atoms with E-state index in [4.69, 9.17) is 5.11 Å². The summed E-state index contributed by atoms with van der Waals surface area (Å²) in [6, 6.07) is 0.0227. The highest BCUT2D eigenvalue weighted by atomic mass is 16.4. The Labute approximate surface area is 96.8 Å². The van der Waals surface area contributed by atoms with Crippen molar-refractivity contribution in [3.63, 3.8) is 0 Å². The van der Waals surface area contributed by atoms with E-state index < -0.39 is 5.97 Å². The van der Waals surface area contributed by atoms with E-state index in [1.165, 1.54) is 0 Å². The van der Waals surface area contributed by atoms with Gasteiger partial charge < -0.3 is 15.3 Å². The Balaban J connectivity index is 4.00. The van der Waals surface area contributed by atoms with Crippen molar-refractivity contribution < 1.29 is 14.7 Å². The lowest BCUT2D eigenvalue weighted by atomic mass is 10.1. The van der Waals surface area contributed by atoms with Crippen LogP contribution < -0.4 is 5.32 Å². The highest BCUT2D eigenvalue weighted by molar-refractivity contribution is 5.74. The Bertz CT molecular complexity index is 241. The molecular weight excluding hydrogens is 208 g/mol. The highest BCUT2D eigenvalue weighted by Crippen LogP contribution is 2.02. The molecule has 0 aromatic rings. The molecule has 0 aromatic carbocycles. The molecule has 0 fully saturated rings. The van der Waals surface area contributed by atoms with Crippen LogP contribution in [-0.2, 0) is 4.79 Å². The third-order valence-corrected chi connectivity index (χ3v) is 2.35. The number of nitrogens with zero attached hydrogens (tertiary/aromatic N) is 1. The first-order valence-corrected chi connectivity index (χ1v) is 5.64. The number of carbonyl (C=O) groups excluding carboxylic acids is 1. The van der Waals surface area contributed by atoms with Gasteiger partial charge in [0.05, 0.1) is 0 Å². The van der Waals surface area contributed by atoms with E-state index in [-0.39, 0.29) is 24.4 Å². The minimum Gasteiger partial charge on any atom is -0.481 e. The molecular formula is C11H22N2O3. The second-order valence-electron chi connectivity index (χ2n) is 4.27. The Hall–Kier alpha value is -1.26. The van der Waals surface area contributed by atoms with Crippen LogP contribution in [0.1, 0.15) is 34.1 Å². The predicted molar refractivity (Wildman–Crippen MR) is 62.3 cm³/mol. The van der Waals surface area contributed by atoms with Crippen molar-refractivity contribution in [1.29, 1.82) is 0 Å². The molecule has 0 heterocycles. The molecule has 5 heteroatoms. The molecule has 2 amide bonds. The van der Waals surface area contributed by atoms with Crippen LogP contribution >= 0.6 is 0 Å². The van der Waals surface area contributed by atoms with E-state index in [1.54, 1.807) is 11.8 Å². The van der Waals surface area contributed by atoms with Crippen LogP contribution in [0.25, 0.3) is 0 Å². The van der Waals surface area contributed by atoms with Gasteiger partial charge in [-0.25, -0.2) is 4.79 Å². The van der Waals surface area contributed by atoms with Gasteiger partial charge in [0.1, 0.15) is 0 Å². The third-order valence-electron chi connectivity index (χ3n) is 2.35. The lowest BCUT2D eigenvalue weighted by Gasteiger charge is -2.26. The summed E-state index contributed by atoms with van der Waals surface area (Å²) in [6.45, 7) is 8.67. The average molecular weight is 230 g/mol. The number of carboxylic acids is 1. The van der Waals surface area contributed by atoms with Gasteiger partial charge in [0.25, 0.3) is 0 Å². The van der Waals surface area contributed by atoms with Crippen molar-refractivity contribution in [2.45, 2.75) is 40.2 Å². The first kappa shape index (κ1) is 14.7. The standard InChI is InChI=1S/C11H22N2O3/c1-5-13(8(2)3)11(16)12-7-9(4)6-10(14)15/h8-9H,5-7H2,1-4H3,(H,12,16)(H,14,15). The lowest BCUT2D eigenvalue weighted by Crippen LogP contribution is -2.45. The van der Waals surface area contributed by atoms with Crippen molar-refractivity contribution in [3.05, 3.63) is 0 Å². The molecule has 1 atom stereocenters. The summed E-state index contributed by atoms with van der Waals surface area (Å²) < 4.78 is 0. The predicted octanol–water partition coefficient (Wildman–Crippen LogP) is 1.54. The number of amides is 2. The summed E-state index contributed by atoms with van der Waals surface area (Å²) >= 11 is 0. The fourth-order valence-corrected chi connectivity index (χ4v) is 1.48. The molecule has 94 valence electrons. The van der Waals surface area contributed by atoms with Gasteiger partial charge in [-0.15, -0.1) is 0 Å². The zero-order chi connectivity index (χ0) is 12.7. The molecule has 0 aliphatic rings. The second kappa shape index (κ2) is 7.09. The lowest BCUT2D eigenvalue weighted by molar-refractivity contribution is -0.137. The second-order valence-corrected chi connectivity index (χ2v) is 4.27.